The summed E-state index contributed by atoms with van der Waals surface area (Å²) in [6.07, 6.45) is 0. The van der Waals surface area contributed by atoms with Gasteiger partial charge in [-0.05, 0) is 162 Å². The molecule has 0 unspecified atom stereocenters. The van der Waals surface area contributed by atoms with E-state index in [1.165, 1.54) is 93.5 Å². The second kappa shape index (κ2) is 27.9. The molecule has 24 aromatic rings. The lowest BCUT2D eigenvalue weighted by atomic mass is 9.97. The third-order valence-corrected chi connectivity index (χ3v) is 26.9. The molecule has 11 heteroatoms. The minimum Gasteiger partial charge on any atom is -0.309 e. The van der Waals surface area contributed by atoms with E-state index < -0.39 is 0 Å². The summed E-state index contributed by atoms with van der Waals surface area (Å²) < 4.78 is 9.76. The van der Waals surface area contributed by atoms with Crippen LogP contribution in [0, 0.1) is 0 Å². The lowest BCUT2D eigenvalue weighted by Gasteiger charge is -2.16. The average Bonchev–Trinajstić information content (AvgIpc) is 1.57. The van der Waals surface area contributed by atoms with E-state index >= 15 is 0 Å². The van der Waals surface area contributed by atoms with Crippen LogP contribution in [0.5, 0.6) is 0 Å². The van der Waals surface area contributed by atoms with Crippen LogP contribution >= 0.6 is 34.0 Å². The Morgan fingerprint density at radius 2 is 0.538 bits per heavy atom. The number of fused-ring (bicyclic) bond motifs is 13. The highest BCUT2D eigenvalue weighted by atomic mass is 32.1. The van der Waals surface area contributed by atoms with Gasteiger partial charge in [-0.2, -0.15) is 0 Å². The van der Waals surface area contributed by atoms with Crippen LogP contribution < -0.4 is 0 Å². The summed E-state index contributed by atoms with van der Waals surface area (Å²) >= 11 is 5.40. The van der Waals surface area contributed by atoms with Gasteiger partial charge in [-0.3, -0.25) is 0 Å². The van der Waals surface area contributed by atoms with Gasteiger partial charge in [0.2, 0.25) is 0 Å². The number of benzene rings is 17. The number of rotatable bonds is 13. The van der Waals surface area contributed by atoms with E-state index in [0.717, 1.165) is 111 Å². The molecule has 8 nitrogen and oxygen atoms in total. The van der Waals surface area contributed by atoms with Gasteiger partial charge in [0.1, 0.15) is 0 Å². The zero-order chi connectivity index (χ0) is 78.2. The predicted molar refractivity (Wildman–Crippen MR) is 500 cm³/mol. The minimum atomic E-state index is 0.556. The van der Waals surface area contributed by atoms with Crippen molar-refractivity contribution in [3.05, 3.63) is 388 Å². The summed E-state index contributed by atoms with van der Waals surface area (Å²) in [5.41, 5.74) is 20.8. The molecule has 17 aromatic carbocycles. The van der Waals surface area contributed by atoms with Crippen molar-refractivity contribution in [1.29, 1.82) is 0 Å². The fourth-order valence-electron chi connectivity index (χ4n) is 17.7. The average molecular weight is 1570 g/mol. The summed E-state index contributed by atoms with van der Waals surface area (Å²) in [6, 6.07) is 140. The quantitative estimate of drug-likeness (QED) is 0.114. The normalized spacial score (nSPS) is 11.9. The largest absolute Gasteiger partial charge is 0.309 e. The van der Waals surface area contributed by atoms with Gasteiger partial charge >= 0.3 is 0 Å². The standard InChI is InChI=1S/C108H64N8S3/c1-4-23-82-65(18-1)21-15-29-84(82)67-38-46-71(47-39-67)103-109-104(112-107(111-103)77-54-56-90-89-27-9-14-37-98(89)119-101(90)62-77)73-52-44-70(45-53-73)100-63-78-58-75(55-57-97(78)118-100)86-31-17-35-95-102(86)91-28-8-12-34-94(91)116(95)81-60-79(59-80(64-81)115-92-32-10-6-25-87(92)88-26-7-11-33-93(88)115)108-113-105(72-48-40-68(41-49-72)85-30-16-22-66-19-2-5-24-83(66)85)110-106(114-108)74-50-42-69(43-51-74)99-61-76-20-3-13-36-96(76)117-99/h1-64H. The minimum absolute atomic E-state index is 0.556. The lowest BCUT2D eigenvalue weighted by molar-refractivity contribution is 1.07. The molecule has 7 aromatic heterocycles. The molecule has 554 valence electrons. The smallest absolute Gasteiger partial charge is 0.164 e. The first-order valence-electron chi connectivity index (χ1n) is 39.9. The molecule has 0 spiro atoms. The SMILES string of the molecule is c1ccc2sc(-c3ccc(-c4nc(-c5ccc(-c6cccc7ccccc67)cc5)nc(-c5cc(-n6c7ccccc7c7ccccc76)cc(-n6c7ccccc7c7c(-c8ccc9sc(-c%10ccc(-c%11nc(-c%12ccc(-c%13cccc%14ccccc%13%14)cc%12)nc(-c%12ccc%13c(c%12)sc%12ccccc%12%13)n%11)cc%10)cc9c8)cccc76)c5)n4)cc3)cc2c1. The van der Waals surface area contributed by atoms with Gasteiger partial charge in [0.15, 0.2) is 34.9 Å². The number of thiophene rings is 3. The van der Waals surface area contributed by atoms with Crippen molar-refractivity contribution < 1.29 is 0 Å². The number of nitrogens with zero attached hydrogens (tertiary/aromatic N) is 8. The van der Waals surface area contributed by atoms with Crippen molar-refractivity contribution in [2.75, 3.05) is 0 Å². The molecule has 0 fully saturated rings. The zero-order valence-corrected chi connectivity index (χ0v) is 66.2. The molecule has 0 atom stereocenters. The molecular weight excluding hydrogens is 1510 g/mol. The fraction of sp³-hybridized carbons (Fsp3) is 0. The Labute approximate surface area is 695 Å². The van der Waals surface area contributed by atoms with Crippen molar-refractivity contribution in [3.8, 4) is 134 Å². The summed E-state index contributed by atoms with van der Waals surface area (Å²) in [7, 11) is 0. The molecule has 0 N–H and O–H groups in total. The van der Waals surface area contributed by atoms with Crippen LogP contribution in [0.25, 0.3) is 239 Å². The van der Waals surface area contributed by atoms with Crippen LogP contribution in [0.1, 0.15) is 0 Å². The topological polar surface area (TPSA) is 87.2 Å². The lowest BCUT2D eigenvalue weighted by Crippen LogP contribution is -2.03. The second-order valence-electron chi connectivity index (χ2n) is 30.5. The summed E-state index contributed by atoms with van der Waals surface area (Å²) in [4.78, 5) is 34.7. The van der Waals surface area contributed by atoms with Gasteiger partial charge in [0, 0.05) is 106 Å². The molecule has 0 amide bonds. The number of aromatic nitrogens is 8. The van der Waals surface area contributed by atoms with Gasteiger partial charge in [-0.25, -0.2) is 29.9 Å². The van der Waals surface area contributed by atoms with Crippen molar-refractivity contribution in [2.45, 2.75) is 0 Å². The summed E-state index contributed by atoms with van der Waals surface area (Å²) in [6.45, 7) is 0. The van der Waals surface area contributed by atoms with E-state index in [2.05, 4.69) is 397 Å². The first-order chi connectivity index (χ1) is 58.9. The summed E-state index contributed by atoms with van der Waals surface area (Å²) in [5, 5.41) is 14.4. The van der Waals surface area contributed by atoms with Crippen molar-refractivity contribution in [2.24, 2.45) is 0 Å². The molecule has 0 saturated heterocycles. The zero-order valence-electron chi connectivity index (χ0n) is 63.8. The van der Waals surface area contributed by atoms with E-state index in [9.17, 15) is 0 Å². The second-order valence-corrected chi connectivity index (χ2v) is 33.7. The molecule has 0 aliphatic carbocycles. The Morgan fingerprint density at radius 3 is 1.08 bits per heavy atom. The van der Waals surface area contributed by atoms with Crippen LogP contribution in [0.2, 0.25) is 0 Å². The van der Waals surface area contributed by atoms with Crippen LogP contribution in [-0.2, 0) is 0 Å². The van der Waals surface area contributed by atoms with Gasteiger partial charge in [-0.1, -0.05) is 303 Å². The van der Waals surface area contributed by atoms with Crippen LogP contribution in [0.4, 0.5) is 0 Å². The Balaban J connectivity index is 0.613. The van der Waals surface area contributed by atoms with Crippen LogP contribution in [0.15, 0.2) is 388 Å². The van der Waals surface area contributed by atoms with Crippen LogP contribution in [-0.4, -0.2) is 39.0 Å². The molecule has 0 aliphatic heterocycles. The molecule has 24 rings (SSSR count). The van der Waals surface area contributed by atoms with Gasteiger partial charge in [-0.15, -0.1) is 34.0 Å². The van der Waals surface area contributed by atoms with Crippen molar-refractivity contribution in [1.82, 2.24) is 39.0 Å². The highest BCUT2D eigenvalue weighted by Gasteiger charge is 2.24. The van der Waals surface area contributed by atoms with Gasteiger partial charge < -0.3 is 9.13 Å². The van der Waals surface area contributed by atoms with E-state index in [4.69, 9.17) is 29.9 Å². The van der Waals surface area contributed by atoms with E-state index in [1.807, 2.05) is 0 Å². The third kappa shape index (κ3) is 11.8. The molecule has 0 bridgehead atoms. The maximum absolute atomic E-state index is 5.56. The van der Waals surface area contributed by atoms with E-state index in [-0.39, 0.29) is 0 Å². The predicted octanol–water partition coefficient (Wildman–Crippen LogP) is 29.7. The third-order valence-electron chi connectivity index (χ3n) is 23.5. The number of hydrogen-bond acceptors (Lipinski definition) is 9. The molecule has 0 radical (unpaired) electrons. The Hall–Kier alpha value is -15.0. The highest BCUT2D eigenvalue weighted by Crippen LogP contribution is 2.46. The van der Waals surface area contributed by atoms with E-state index in [0.29, 0.717) is 34.9 Å². The maximum Gasteiger partial charge on any atom is 0.164 e. The van der Waals surface area contributed by atoms with Crippen molar-refractivity contribution >= 4 is 140 Å². The first-order valence-corrected chi connectivity index (χ1v) is 42.4. The Kier molecular flexibility index (Phi) is 16.0. The van der Waals surface area contributed by atoms with Crippen LogP contribution in [0.3, 0.4) is 0 Å². The van der Waals surface area contributed by atoms with Gasteiger partial charge in [0.25, 0.3) is 0 Å². The maximum atomic E-state index is 5.56. The van der Waals surface area contributed by atoms with Gasteiger partial charge in [0.05, 0.1) is 22.1 Å². The molecular formula is C108H64N8S3. The van der Waals surface area contributed by atoms with E-state index in [1.54, 1.807) is 34.0 Å². The number of para-hydroxylation sites is 3. The fourth-order valence-corrected chi connectivity index (χ4v) is 21.0. The summed E-state index contributed by atoms with van der Waals surface area (Å²) in [5.74, 6) is 3.57. The first kappa shape index (κ1) is 68.4. The highest BCUT2D eigenvalue weighted by molar-refractivity contribution is 7.26. The molecule has 0 saturated carbocycles. The molecule has 119 heavy (non-hydrogen) atoms. The Bertz CT molecular complexity index is 8140. The Morgan fingerprint density at radius 1 is 0.176 bits per heavy atom. The van der Waals surface area contributed by atoms with Crippen molar-refractivity contribution in [3.63, 3.8) is 0 Å². The molecule has 0 aliphatic rings. The number of hydrogen-bond donors (Lipinski definition) is 0. The molecule has 7 heterocycles. The monoisotopic (exact) mass is 1570 g/mol.